The summed E-state index contributed by atoms with van der Waals surface area (Å²) in [6.07, 6.45) is 0. The SMILES string of the molecule is CCN1C(=O)C(=C(c2ccccc2)c2ccc(C#N)cc2)C(=O)N(CC)C1=S. The van der Waals surface area contributed by atoms with Gasteiger partial charge in [0.25, 0.3) is 11.8 Å². The molecule has 28 heavy (non-hydrogen) atoms. The van der Waals surface area contributed by atoms with E-state index >= 15 is 0 Å². The molecule has 2 amide bonds. The quantitative estimate of drug-likeness (QED) is 0.457. The van der Waals surface area contributed by atoms with Gasteiger partial charge in [0.05, 0.1) is 11.6 Å². The van der Waals surface area contributed by atoms with E-state index in [2.05, 4.69) is 6.07 Å². The number of amides is 2. The second kappa shape index (κ2) is 8.15. The minimum absolute atomic E-state index is 0.0909. The number of nitrogens with zero attached hydrogens (tertiary/aromatic N) is 3. The van der Waals surface area contributed by atoms with Gasteiger partial charge in [-0.05, 0) is 49.3 Å². The average molecular weight is 389 g/mol. The van der Waals surface area contributed by atoms with E-state index in [0.29, 0.717) is 29.8 Å². The smallest absolute Gasteiger partial charge is 0.266 e. The first-order valence-electron chi connectivity index (χ1n) is 9.01. The van der Waals surface area contributed by atoms with E-state index in [1.54, 1.807) is 24.3 Å². The number of benzene rings is 2. The van der Waals surface area contributed by atoms with E-state index < -0.39 is 11.8 Å². The Kier molecular flexibility index (Phi) is 5.67. The van der Waals surface area contributed by atoms with E-state index in [0.717, 1.165) is 5.56 Å². The zero-order valence-electron chi connectivity index (χ0n) is 15.7. The monoisotopic (exact) mass is 389 g/mol. The third kappa shape index (κ3) is 3.32. The predicted molar refractivity (Wildman–Crippen MR) is 111 cm³/mol. The Labute approximate surface area is 169 Å². The number of hydrogen-bond donors (Lipinski definition) is 0. The van der Waals surface area contributed by atoms with Crippen molar-refractivity contribution in [2.45, 2.75) is 13.8 Å². The molecule has 1 saturated heterocycles. The van der Waals surface area contributed by atoms with E-state index in [-0.39, 0.29) is 10.7 Å². The molecule has 0 bridgehead atoms. The number of rotatable bonds is 4. The van der Waals surface area contributed by atoms with Gasteiger partial charge in [-0.25, -0.2) is 0 Å². The first-order valence-corrected chi connectivity index (χ1v) is 9.42. The second-order valence-electron chi connectivity index (χ2n) is 6.19. The van der Waals surface area contributed by atoms with Crippen LogP contribution in [0.5, 0.6) is 0 Å². The van der Waals surface area contributed by atoms with Crippen molar-refractivity contribution >= 4 is 34.7 Å². The number of likely N-dealkylation sites (N-methyl/N-ethyl adjacent to an activating group) is 2. The van der Waals surface area contributed by atoms with E-state index in [1.165, 1.54) is 9.80 Å². The van der Waals surface area contributed by atoms with Gasteiger partial charge >= 0.3 is 0 Å². The molecule has 6 heteroatoms. The summed E-state index contributed by atoms with van der Waals surface area (Å²) in [4.78, 5) is 29.4. The Hall–Kier alpha value is -3.30. The average Bonchev–Trinajstić information content (AvgIpc) is 2.72. The minimum atomic E-state index is -0.398. The summed E-state index contributed by atoms with van der Waals surface area (Å²) in [6.45, 7) is 4.41. The van der Waals surface area contributed by atoms with Gasteiger partial charge in [0.1, 0.15) is 5.57 Å². The summed E-state index contributed by atoms with van der Waals surface area (Å²) in [7, 11) is 0. The van der Waals surface area contributed by atoms with Crippen LogP contribution in [0.1, 0.15) is 30.5 Å². The van der Waals surface area contributed by atoms with Crippen LogP contribution in [-0.4, -0.2) is 39.8 Å². The number of nitriles is 1. The zero-order chi connectivity index (χ0) is 20.3. The summed E-state index contributed by atoms with van der Waals surface area (Å²) >= 11 is 5.36. The predicted octanol–water partition coefficient (Wildman–Crippen LogP) is 3.36. The molecule has 0 radical (unpaired) electrons. The van der Waals surface area contributed by atoms with Crippen LogP contribution in [-0.2, 0) is 9.59 Å². The summed E-state index contributed by atoms with van der Waals surface area (Å²) < 4.78 is 0. The fourth-order valence-electron chi connectivity index (χ4n) is 3.22. The largest absolute Gasteiger partial charge is 0.285 e. The molecule has 5 nitrogen and oxygen atoms in total. The third-order valence-electron chi connectivity index (χ3n) is 4.63. The van der Waals surface area contributed by atoms with Crippen LogP contribution < -0.4 is 0 Å². The Morgan fingerprint density at radius 3 is 1.86 bits per heavy atom. The van der Waals surface area contributed by atoms with Crippen LogP contribution in [0, 0.1) is 11.3 Å². The summed E-state index contributed by atoms with van der Waals surface area (Å²) in [5, 5.41) is 9.31. The van der Waals surface area contributed by atoms with Gasteiger partial charge in [0.15, 0.2) is 5.11 Å². The highest BCUT2D eigenvalue weighted by molar-refractivity contribution is 7.80. The van der Waals surface area contributed by atoms with Gasteiger partial charge in [-0.2, -0.15) is 5.26 Å². The summed E-state index contributed by atoms with van der Waals surface area (Å²) in [6, 6.07) is 18.3. The lowest BCUT2D eigenvalue weighted by atomic mass is 9.90. The van der Waals surface area contributed by atoms with Crippen molar-refractivity contribution in [2.75, 3.05) is 13.1 Å². The maximum absolute atomic E-state index is 13.2. The third-order valence-corrected chi connectivity index (χ3v) is 5.07. The Balaban J connectivity index is 2.31. The highest BCUT2D eigenvalue weighted by atomic mass is 32.1. The fraction of sp³-hybridized carbons (Fsp3) is 0.182. The van der Waals surface area contributed by atoms with Crippen molar-refractivity contribution in [3.8, 4) is 6.07 Å². The van der Waals surface area contributed by atoms with Crippen molar-refractivity contribution in [3.63, 3.8) is 0 Å². The van der Waals surface area contributed by atoms with Crippen molar-refractivity contribution in [3.05, 3.63) is 76.9 Å². The molecule has 1 heterocycles. The molecule has 0 atom stereocenters. The molecule has 1 fully saturated rings. The molecule has 2 aromatic rings. The Morgan fingerprint density at radius 1 is 0.893 bits per heavy atom. The van der Waals surface area contributed by atoms with Gasteiger partial charge in [-0.1, -0.05) is 42.5 Å². The number of carbonyl (C=O) groups is 2. The molecule has 0 spiro atoms. The molecule has 0 saturated carbocycles. The molecule has 0 aliphatic carbocycles. The molecular weight excluding hydrogens is 370 g/mol. The topological polar surface area (TPSA) is 64.4 Å². The van der Waals surface area contributed by atoms with Crippen molar-refractivity contribution < 1.29 is 9.59 Å². The Morgan fingerprint density at radius 2 is 1.39 bits per heavy atom. The normalized spacial score (nSPS) is 14.3. The lowest BCUT2D eigenvalue weighted by Crippen LogP contribution is -2.56. The molecule has 140 valence electrons. The Bertz CT molecular complexity index is 976. The summed E-state index contributed by atoms with van der Waals surface area (Å²) in [5.41, 5.74) is 2.59. The van der Waals surface area contributed by atoms with Crippen molar-refractivity contribution in [1.29, 1.82) is 5.26 Å². The van der Waals surface area contributed by atoms with Gasteiger partial charge in [0, 0.05) is 18.7 Å². The van der Waals surface area contributed by atoms with E-state index in [4.69, 9.17) is 17.5 Å². The van der Waals surface area contributed by atoms with Gasteiger partial charge in [-0.3, -0.25) is 19.4 Å². The number of thiocarbonyl (C=S) groups is 1. The number of hydrogen-bond acceptors (Lipinski definition) is 4. The molecule has 0 unspecified atom stereocenters. The lowest BCUT2D eigenvalue weighted by molar-refractivity contribution is -0.133. The van der Waals surface area contributed by atoms with Gasteiger partial charge in [0.2, 0.25) is 0 Å². The minimum Gasteiger partial charge on any atom is -0.285 e. The summed E-state index contributed by atoms with van der Waals surface area (Å²) in [5.74, 6) is -0.796. The molecular formula is C22H19N3O2S. The maximum atomic E-state index is 13.2. The molecule has 3 rings (SSSR count). The zero-order valence-corrected chi connectivity index (χ0v) is 16.5. The van der Waals surface area contributed by atoms with Crippen LogP contribution >= 0.6 is 12.2 Å². The van der Waals surface area contributed by atoms with Crippen LogP contribution in [0.25, 0.3) is 5.57 Å². The molecule has 1 aliphatic rings. The lowest BCUT2D eigenvalue weighted by Gasteiger charge is -2.36. The molecule has 0 N–H and O–H groups in total. The first kappa shape index (κ1) is 19.5. The number of carbonyl (C=O) groups excluding carboxylic acids is 2. The second-order valence-corrected chi connectivity index (χ2v) is 6.55. The van der Waals surface area contributed by atoms with E-state index in [1.807, 2.05) is 44.2 Å². The van der Waals surface area contributed by atoms with Crippen molar-refractivity contribution in [1.82, 2.24) is 9.80 Å². The fourth-order valence-corrected chi connectivity index (χ4v) is 3.65. The maximum Gasteiger partial charge on any atom is 0.266 e. The first-order chi connectivity index (χ1) is 13.5. The van der Waals surface area contributed by atoms with Gasteiger partial charge in [-0.15, -0.1) is 0 Å². The van der Waals surface area contributed by atoms with Crippen LogP contribution in [0.15, 0.2) is 60.2 Å². The van der Waals surface area contributed by atoms with Gasteiger partial charge < -0.3 is 0 Å². The van der Waals surface area contributed by atoms with Crippen LogP contribution in [0.4, 0.5) is 0 Å². The van der Waals surface area contributed by atoms with Crippen molar-refractivity contribution in [2.24, 2.45) is 0 Å². The molecule has 1 aliphatic heterocycles. The molecule has 0 aromatic heterocycles. The highest BCUT2D eigenvalue weighted by Crippen LogP contribution is 2.31. The highest BCUT2D eigenvalue weighted by Gasteiger charge is 2.40. The standard InChI is InChI=1S/C22H19N3O2S/c1-3-24-20(26)19(21(27)25(4-2)22(24)28)18(16-8-6-5-7-9-16)17-12-10-15(14-23)11-13-17/h5-13H,3-4H2,1-2H3. The van der Waals surface area contributed by atoms with Crippen LogP contribution in [0.2, 0.25) is 0 Å². The van der Waals surface area contributed by atoms with E-state index in [9.17, 15) is 9.59 Å². The van der Waals surface area contributed by atoms with Crippen LogP contribution in [0.3, 0.4) is 0 Å². The molecule has 2 aromatic carbocycles.